The highest BCUT2D eigenvalue weighted by atomic mass is 79.9. The largest absolute Gasteiger partial charge is 0.492 e. The normalized spacial score (nSPS) is 10.7. The van der Waals surface area contributed by atoms with E-state index in [1.807, 2.05) is 18.2 Å². The van der Waals surface area contributed by atoms with Gasteiger partial charge in [0.1, 0.15) is 18.1 Å². The van der Waals surface area contributed by atoms with Crippen LogP contribution >= 0.6 is 15.9 Å². The predicted octanol–water partition coefficient (Wildman–Crippen LogP) is 5.15. The molecular weight excluding hydrogens is 410 g/mol. The Morgan fingerprint density at radius 1 is 1.04 bits per heavy atom. The number of hydrogen-bond acceptors (Lipinski definition) is 4. The molecule has 0 aliphatic heterocycles. The summed E-state index contributed by atoms with van der Waals surface area (Å²) in [5.74, 6) is 1.88. The summed E-state index contributed by atoms with van der Waals surface area (Å²) in [5.41, 5.74) is 1.26. The van der Waals surface area contributed by atoms with Gasteiger partial charge in [0.2, 0.25) is 0 Å². The predicted molar refractivity (Wildman–Crippen MR) is 111 cm³/mol. The van der Waals surface area contributed by atoms with Gasteiger partial charge < -0.3 is 19.5 Å². The van der Waals surface area contributed by atoms with Crippen LogP contribution in [0, 0.1) is 5.92 Å². The van der Waals surface area contributed by atoms with E-state index < -0.39 is 0 Å². The van der Waals surface area contributed by atoms with E-state index in [4.69, 9.17) is 14.2 Å². The minimum Gasteiger partial charge on any atom is -0.492 e. The molecule has 2 aromatic rings. The maximum Gasteiger partial charge on any atom is 0.255 e. The van der Waals surface area contributed by atoms with Crippen LogP contribution in [0.1, 0.15) is 30.6 Å². The number of nitrogens with one attached hydrogen (secondary N) is 1. The third-order valence-electron chi connectivity index (χ3n) is 3.82. The average molecular weight is 436 g/mol. The van der Waals surface area contributed by atoms with E-state index in [1.165, 1.54) is 0 Å². The van der Waals surface area contributed by atoms with Gasteiger partial charge in [-0.05, 0) is 70.7 Å². The molecule has 0 aromatic heterocycles. The summed E-state index contributed by atoms with van der Waals surface area (Å²) in [5, 5.41) is 2.88. The lowest BCUT2D eigenvalue weighted by atomic mass is 10.1. The molecule has 0 bridgehead atoms. The quantitative estimate of drug-likeness (QED) is 0.524. The van der Waals surface area contributed by atoms with Gasteiger partial charge in [-0.2, -0.15) is 0 Å². The Hall–Kier alpha value is -2.05. The fourth-order valence-corrected chi connectivity index (χ4v) is 2.74. The van der Waals surface area contributed by atoms with Crippen molar-refractivity contribution in [3.63, 3.8) is 0 Å². The van der Waals surface area contributed by atoms with Crippen molar-refractivity contribution < 1.29 is 19.0 Å². The molecule has 0 radical (unpaired) electrons. The second-order valence-corrected chi connectivity index (χ2v) is 7.35. The Labute approximate surface area is 169 Å². The second-order valence-electron chi connectivity index (χ2n) is 6.50. The molecule has 146 valence electrons. The van der Waals surface area contributed by atoms with Gasteiger partial charge >= 0.3 is 0 Å². The molecule has 0 heterocycles. The Morgan fingerprint density at radius 2 is 1.78 bits per heavy atom. The van der Waals surface area contributed by atoms with Crippen LogP contribution in [-0.4, -0.2) is 32.8 Å². The molecule has 0 unspecified atom stereocenters. The molecule has 0 aliphatic carbocycles. The number of methoxy groups -OCH3 is 1. The van der Waals surface area contributed by atoms with Crippen molar-refractivity contribution in [2.75, 3.05) is 32.2 Å². The number of halogens is 1. The topological polar surface area (TPSA) is 56.8 Å². The van der Waals surface area contributed by atoms with Crippen LogP contribution < -0.4 is 14.8 Å². The maximum absolute atomic E-state index is 12.5. The average Bonchev–Trinajstić information content (AvgIpc) is 2.64. The first kappa shape index (κ1) is 21.3. The molecule has 0 saturated heterocycles. The lowest BCUT2D eigenvalue weighted by molar-refractivity contribution is 0.102. The van der Waals surface area contributed by atoms with E-state index in [9.17, 15) is 4.79 Å². The van der Waals surface area contributed by atoms with Gasteiger partial charge in [-0.15, -0.1) is 0 Å². The van der Waals surface area contributed by atoms with Crippen LogP contribution in [0.2, 0.25) is 0 Å². The van der Waals surface area contributed by atoms with Crippen molar-refractivity contribution in [3.8, 4) is 11.5 Å². The number of anilines is 1. The van der Waals surface area contributed by atoms with Gasteiger partial charge in [-0.3, -0.25) is 4.79 Å². The van der Waals surface area contributed by atoms with E-state index in [1.54, 1.807) is 31.4 Å². The number of amides is 1. The molecule has 1 amide bonds. The van der Waals surface area contributed by atoms with Crippen molar-refractivity contribution in [3.05, 3.63) is 52.5 Å². The van der Waals surface area contributed by atoms with Crippen LogP contribution in [0.25, 0.3) is 0 Å². The van der Waals surface area contributed by atoms with Gasteiger partial charge in [0, 0.05) is 18.4 Å². The Balaban J connectivity index is 1.92. The third kappa shape index (κ3) is 7.23. The van der Waals surface area contributed by atoms with Crippen LogP contribution in [0.5, 0.6) is 11.5 Å². The zero-order valence-electron chi connectivity index (χ0n) is 16.0. The standard InChI is InChI=1S/C21H26BrNO4/c1-15(2)10-11-27-20-9-4-16(14-19(20)22)21(24)23-17-5-7-18(8-6-17)26-13-12-25-3/h4-9,14-15H,10-13H2,1-3H3,(H,23,24). The SMILES string of the molecule is COCCOc1ccc(NC(=O)c2ccc(OCCC(C)C)c(Br)c2)cc1. The number of hydrogen-bond donors (Lipinski definition) is 1. The first-order valence-electron chi connectivity index (χ1n) is 8.95. The number of carbonyl (C=O) groups excluding carboxylic acids is 1. The second kappa shape index (κ2) is 10.9. The van der Waals surface area contributed by atoms with Crippen LogP contribution in [0.4, 0.5) is 5.69 Å². The Kier molecular flexibility index (Phi) is 8.61. The van der Waals surface area contributed by atoms with Crippen molar-refractivity contribution in [2.45, 2.75) is 20.3 Å². The first-order valence-corrected chi connectivity index (χ1v) is 9.74. The highest BCUT2D eigenvalue weighted by molar-refractivity contribution is 9.10. The molecular formula is C21H26BrNO4. The third-order valence-corrected chi connectivity index (χ3v) is 4.43. The van der Waals surface area contributed by atoms with Gasteiger partial charge in [-0.1, -0.05) is 13.8 Å². The summed E-state index contributed by atoms with van der Waals surface area (Å²) in [7, 11) is 1.63. The van der Waals surface area contributed by atoms with Crippen molar-refractivity contribution in [1.82, 2.24) is 0 Å². The molecule has 0 spiro atoms. The van der Waals surface area contributed by atoms with Gasteiger partial charge in [-0.25, -0.2) is 0 Å². The minimum absolute atomic E-state index is 0.183. The molecule has 2 aromatic carbocycles. The zero-order chi connectivity index (χ0) is 19.6. The van der Waals surface area contributed by atoms with E-state index in [0.29, 0.717) is 37.0 Å². The number of rotatable bonds is 10. The fourth-order valence-electron chi connectivity index (χ4n) is 2.24. The lowest BCUT2D eigenvalue weighted by Crippen LogP contribution is -2.12. The Morgan fingerprint density at radius 3 is 2.41 bits per heavy atom. The number of benzene rings is 2. The summed E-state index contributed by atoms with van der Waals surface area (Å²) in [4.78, 5) is 12.5. The monoisotopic (exact) mass is 435 g/mol. The minimum atomic E-state index is -0.183. The van der Waals surface area contributed by atoms with E-state index in [2.05, 4.69) is 35.1 Å². The summed E-state index contributed by atoms with van der Waals surface area (Å²) >= 11 is 3.48. The van der Waals surface area contributed by atoms with Crippen molar-refractivity contribution in [1.29, 1.82) is 0 Å². The smallest absolute Gasteiger partial charge is 0.255 e. The molecule has 0 fully saturated rings. The molecule has 0 saturated carbocycles. The van der Waals surface area contributed by atoms with E-state index >= 15 is 0 Å². The first-order chi connectivity index (χ1) is 13.0. The summed E-state index contributed by atoms with van der Waals surface area (Å²) in [6, 6.07) is 12.6. The number of ether oxygens (including phenoxy) is 3. The van der Waals surface area contributed by atoms with E-state index in [0.717, 1.165) is 22.4 Å². The van der Waals surface area contributed by atoms with Crippen molar-refractivity contribution >= 4 is 27.5 Å². The van der Waals surface area contributed by atoms with Crippen LogP contribution in [0.15, 0.2) is 46.9 Å². The summed E-state index contributed by atoms with van der Waals surface area (Å²) in [6.07, 6.45) is 0.986. The fraction of sp³-hybridized carbons (Fsp3) is 0.381. The maximum atomic E-state index is 12.5. The van der Waals surface area contributed by atoms with E-state index in [-0.39, 0.29) is 5.91 Å². The van der Waals surface area contributed by atoms with Gasteiger partial charge in [0.15, 0.2) is 0 Å². The molecule has 5 nitrogen and oxygen atoms in total. The van der Waals surface area contributed by atoms with Crippen LogP contribution in [-0.2, 0) is 4.74 Å². The molecule has 1 N–H and O–H groups in total. The molecule has 0 atom stereocenters. The van der Waals surface area contributed by atoms with Gasteiger partial charge in [0.25, 0.3) is 5.91 Å². The number of carbonyl (C=O) groups is 1. The van der Waals surface area contributed by atoms with Gasteiger partial charge in [0.05, 0.1) is 17.7 Å². The zero-order valence-corrected chi connectivity index (χ0v) is 17.5. The molecule has 2 rings (SSSR count). The van der Waals surface area contributed by atoms with Crippen molar-refractivity contribution in [2.24, 2.45) is 5.92 Å². The Bertz CT molecular complexity index is 731. The summed E-state index contributed by atoms with van der Waals surface area (Å²) < 4.78 is 17.0. The summed E-state index contributed by atoms with van der Waals surface area (Å²) in [6.45, 7) is 5.99. The highest BCUT2D eigenvalue weighted by Gasteiger charge is 2.10. The molecule has 0 aliphatic rings. The molecule has 6 heteroatoms. The highest BCUT2D eigenvalue weighted by Crippen LogP contribution is 2.27. The van der Waals surface area contributed by atoms with Crippen LogP contribution in [0.3, 0.4) is 0 Å². The lowest BCUT2D eigenvalue weighted by Gasteiger charge is -2.11. The molecule has 27 heavy (non-hydrogen) atoms.